The second-order valence-corrected chi connectivity index (χ2v) is 6.17. The Labute approximate surface area is 121 Å². The van der Waals surface area contributed by atoms with Gasteiger partial charge in [0.15, 0.2) is 0 Å². The van der Waals surface area contributed by atoms with E-state index in [1.165, 1.54) is 0 Å². The van der Waals surface area contributed by atoms with Crippen molar-refractivity contribution in [2.24, 2.45) is 0 Å². The lowest BCUT2D eigenvalue weighted by atomic mass is 9.94. The third kappa shape index (κ3) is 2.73. The molecule has 1 N–H and O–H groups in total. The average molecular weight is 330 g/mol. The molecule has 0 bridgehead atoms. The largest absolute Gasteiger partial charge is 0.376 e. The van der Waals surface area contributed by atoms with Crippen molar-refractivity contribution in [3.8, 4) is 0 Å². The minimum absolute atomic E-state index is 0.0272. The van der Waals surface area contributed by atoms with Crippen molar-refractivity contribution in [1.82, 2.24) is 5.32 Å². The Hall–Kier alpha value is -0.520. The smallest absolute Gasteiger partial charge is 0.252 e. The van der Waals surface area contributed by atoms with Crippen molar-refractivity contribution in [1.29, 1.82) is 0 Å². The van der Waals surface area contributed by atoms with E-state index in [1.807, 2.05) is 26.0 Å². The van der Waals surface area contributed by atoms with Gasteiger partial charge in [-0.2, -0.15) is 0 Å². The van der Waals surface area contributed by atoms with E-state index < -0.39 is 0 Å². The Morgan fingerprint density at radius 3 is 2.94 bits per heavy atom. The van der Waals surface area contributed by atoms with Gasteiger partial charge >= 0.3 is 0 Å². The predicted octanol–water partition coefficient (Wildman–Crippen LogP) is 3.04. The van der Waals surface area contributed by atoms with E-state index in [2.05, 4.69) is 33.9 Å². The molecule has 18 heavy (non-hydrogen) atoms. The second-order valence-electron chi connectivity index (χ2n) is 4.80. The normalized spacial score (nSPS) is 27.2. The Kier molecular flexibility index (Phi) is 4.04. The maximum atomic E-state index is 12.3. The molecule has 0 aromatic heterocycles. The summed E-state index contributed by atoms with van der Waals surface area (Å²) >= 11 is 7.64. The zero-order chi connectivity index (χ0) is 13.3. The third-order valence-electron chi connectivity index (χ3n) is 3.48. The van der Waals surface area contributed by atoms with E-state index >= 15 is 0 Å². The van der Waals surface area contributed by atoms with E-state index in [-0.39, 0.29) is 17.6 Å². The van der Waals surface area contributed by atoms with Crippen LogP contribution in [0.3, 0.4) is 0 Å². The van der Waals surface area contributed by atoms with E-state index in [1.54, 1.807) is 6.07 Å². The van der Waals surface area contributed by atoms with Crippen molar-refractivity contribution < 1.29 is 9.53 Å². The summed E-state index contributed by atoms with van der Waals surface area (Å²) in [7, 11) is 0. The number of hydrogen-bond donors (Lipinski definition) is 2. The van der Waals surface area contributed by atoms with Gasteiger partial charge in [-0.1, -0.05) is 0 Å². The fraction of sp³-hybridized carbons (Fsp3) is 0.462. The minimum Gasteiger partial charge on any atom is -0.376 e. The standard InChI is InChI=1S/C13H16BrNO2S/c1-8-13(2,5-6-17-8)15-12(16)10-7-9(18)3-4-11(10)14/h3-4,7-8,18H,5-6H2,1-2H3,(H,15,16). The first kappa shape index (κ1) is 13.9. The molecule has 1 aromatic carbocycles. The van der Waals surface area contributed by atoms with Crippen molar-refractivity contribution in [2.75, 3.05) is 6.61 Å². The highest BCUT2D eigenvalue weighted by Crippen LogP contribution is 2.27. The van der Waals surface area contributed by atoms with E-state index in [4.69, 9.17) is 4.74 Å². The van der Waals surface area contributed by atoms with Gasteiger partial charge in [-0.05, 0) is 54.4 Å². The Morgan fingerprint density at radius 2 is 2.33 bits per heavy atom. The van der Waals surface area contributed by atoms with Crippen LogP contribution in [0.2, 0.25) is 0 Å². The summed E-state index contributed by atoms with van der Waals surface area (Å²) in [6, 6.07) is 5.42. The Morgan fingerprint density at radius 1 is 1.61 bits per heavy atom. The summed E-state index contributed by atoms with van der Waals surface area (Å²) in [6.45, 7) is 4.68. The zero-order valence-corrected chi connectivity index (χ0v) is 12.8. The Balaban J connectivity index is 2.19. The van der Waals surface area contributed by atoms with Gasteiger partial charge in [-0.15, -0.1) is 12.6 Å². The molecule has 0 radical (unpaired) electrons. The number of hydrogen-bond acceptors (Lipinski definition) is 3. The number of rotatable bonds is 2. The van der Waals surface area contributed by atoms with Gasteiger partial charge < -0.3 is 10.1 Å². The van der Waals surface area contributed by atoms with Gasteiger partial charge in [0.2, 0.25) is 0 Å². The summed E-state index contributed by atoms with van der Waals surface area (Å²) in [5.74, 6) is -0.0994. The number of ether oxygens (including phenoxy) is 1. The van der Waals surface area contributed by atoms with Gasteiger partial charge in [0.05, 0.1) is 17.2 Å². The second kappa shape index (κ2) is 5.23. The molecular formula is C13H16BrNO2S. The number of nitrogens with one attached hydrogen (secondary N) is 1. The molecule has 1 amide bonds. The number of amides is 1. The van der Waals surface area contributed by atoms with Gasteiger partial charge in [0.1, 0.15) is 0 Å². The molecule has 1 heterocycles. The SMILES string of the molecule is CC1OCCC1(C)NC(=O)c1cc(S)ccc1Br. The van der Waals surface area contributed by atoms with Crippen LogP contribution in [-0.2, 0) is 4.74 Å². The van der Waals surface area contributed by atoms with Crippen molar-refractivity contribution in [3.63, 3.8) is 0 Å². The number of carbonyl (C=O) groups is 1. The summed E-state index contributed by atoms with van der Waals surface area (Å²) in [5.41, 5.74) is 0.297. The molecule has 3 nitrogen and oxygen atoms in total. The first-order chi connectivity index (χ1) is 8.42. The number of benzene rings is 1. The Bertz CT molecular complexity index is 480. The zero-order valence-electron chi connectivity index (χ0n) is 10.4. The lowest BCUT2D eigenvalue weighted by Crippen LogP contribution is -2.50. The lowest BCUT2D eigenvalue weighted by Gasteiger charge is -2.29. The first-order valence-corrected chi connectivity index (χ1v) is 7.09. The molecular weight excluding hydrogens is 314 g/mol. The van der Waals surface area contributed by atoms with Crippen molar-refractivity contribution >= 4 is 34.5 Å². The van der Waals surface area contributed by atoms with Gasteiger partial charge in [-0.3, -0.25) is 4.79 Å². The molecule has 0 aliphatic carbocycles. The van der Waals surface area contributed by atoms with Gasteiger partial charge in [0, 0.05) is 16.0 Å². The topological polar surface area (TPSA) is 38.3 Å². The molecule has 0 spiro atoms. The van der Waals surface area contributed by atoms with Crippen LogP contribution in [0.25, 0.3) is 0 Å². The molecule has 1 fully saturated rings. The van der Waals surface area contributed by atoms with Crippen molar-refractivity contribution in [2.45, 2.75) is 36.8 Å². The molecule has 5 heteroatoms. The first-order valence-electron chi connectivity index (χ1n) is 5.85. The van der Waals surface area contributed by atoms with Gasteiger partial charge in [-0.25, -0.2) is 0 Å². The third-order valence-corrected chi connectivity index (χ3v) is 4.45. The summed E-state index contributed by atoms with van der Waals surface area (Å²) in [4.78, 5) is 13.1. The van der Waals surface area contributed by atoms with E-state index in [0.717, 1.165) is 15.8 Å². The van der Waals surface area contributed by atoms with Crippen LogP contribution in [0, 0.1) is 0 Å². The van der Waals surface area contributed by atoms with Crippen LogP contribution >= 0.6 is 28.6 Å². The highest BCUT2D eigenvalue weighted by atomic mass is 79.9. The highest BCUT2D eigenvalue weighted by Gasteiger charge is 2.38. The number of thiol groups is 1. The van der Waals surface area contributed by atoms with Crippen LogP contribution < -0.4 is 5.32 Å². The van der Waals surface area contributed by atoms with Crippen LogP contribution in [-0.4, -0.2) is 24.2 Å². The molecule has 98 valence electrons. The minimum atomic E-state index is -0.302. The lowest BCUT2D eigenvalue weighted by molar-refractivity contribution is 0.0727. The summed E-state index contributed by atoms with van der Waals surface area (Å²) in [6.07, 6.45) is 0.859. The number of carbonyl (C=O) groups excluding carboxylic acids is 1. The van der Waals surface area contributed by atoms with E-state index in [0.29, 0.717) is 12.2 Å². The molecule has 0 saturated carbocycles. The summed E-state index contributed by atoms with van der Waals surface area (Å²) < 4.78 is 6.29. The van der Waals surface area contributed by atoms with Crippen LogP contribution in [0.5, 0.6) is 0 Å². The predicted molar refractivity (Wildman–Crippen MR) is 77.3 cm³/mol. The molecule has 2 unspecified atom stereocenters. The highest BCUT2D eigenvalue weighted by molar-refractivity contribution is 9.10. The molecule has 1 saturated heterocycles. The molecule has 2 rings (SSSR count). The average Bonchev–Trinajstić information content (AvgIpc) is 2.62. The summed E-state index contributed by atoms with van der Waals surface area (Å²) in [5, 5.41) is 3.06. The van der Waals surface area contributed by atoms with Gasteiger partial charge in [0.25, 0.3) is 5.91 Å². The molecule has 2 atom stereocenters. The fourth-order valence-electron chi connectivity index (χ4n) is 2.01. The molecule has 1 aliphatic rings. The monoisotopic (exact) mass is 329 g/mol. The van der Waals surface area contributed by atoms with E-state index in [9.17, 15) is 4.79 Å². The van der Waals surface area contributed by atoms with Crippen LogP contribution in [0.4, 0.5) is 0 Å². The fourth-order valence-corrected chi connectivity index (χ4v) is 2.64. The molecule has 1 aromatic rings. The number of halogens is 1. The molecule has 1 aliphatic heterocycles. The quantitative estimate of drug-likeness (QED) is 0.818. The van der Waals surface area contributed by atoms with Crippen LogP contribution in [0.1, 0.15) is 30.6 Å². The van der Waals surface area contributed by atoms with Crippen molar-refractivity contribution in [3.05, 3.63) is 28.2 Å². The maximum Gasteiger partial charge on any atom is 0.252 e. The maximum absolute atomic E-state index is 12.3. The van der Waals surface area contributed by atoms with Crippen LogP contribution in [0.15, 0.2) is 27.6 Å².